The van der Waals surface area contributed by atoms with Crippen molar-refractivity contribution in [2.45, 2.75) is 38.9 Å². The van der Waals surface area contributed by atoms with E-state index in [9.17, 15) is 8.42 Å². The van der Waals surface area contributed by atoms with Crippen LogP contribution in [0.3, 0.4) is 0 Å². The molecule has 0 aromatic rings. The van der Waals surface area contributed by atoms with Crippen molar-refractivity contribution in [1.29, 1.82) is 0 Å². The second kappa shape index (κ2) is 5.02. The van der Waals surface area contributed by atoms with Crippen LogP contribution in [0.15, 0.2) is 0 Å². The topological polar surface area (TPSA) is 58.2 Å². The molecule has 0 aliphatic carbocycles. The standard InChI is InChI=1S/C11H24N2O2S/c1-9-5-6-12-7-10(9)8-13-16(14,15)11(2,3)4/h9-10,12-13H,5-8H2,1-4H3. The summed E-state index contributed by atoms with van der Waals surface area (Å²) in [6.07, 6.45) is 1.13. The van der Waals surface area contributed by atoms with Gasteiger partial charge in [-0.15, -0.1) is 0 Å². The van der Waals surface area contributed by atoms with E-state index in [-0.39, 0.29) is 0 Å². The van der Waals surface area contributed by atoms with Gasteiger partial charge in [0.2, 0.25) is 10.0 Å². The van der Waals surface area contributed by atoms with Crippen molar-refractivity contribution < 1.29 is 8.42 Å². The number of nitrogens with one attached hydrogen (secondary N) is 2. The van der Waals surface area contributed by atoms with Crippen LogP contribution in [0.4, 0.5) is 0 Å². The van der Waals surface area contributed by atoms with Gasteiger partial charge in [-0.2, -0.15) is 0 Å². The first-order chi connectivity index (χ1) is 7.24. The second-order valence-corrected chi connectivity index (χ2v) is 8.21. The smallest absolute Gasteiger partial charge is 0.216 e. The summed E-state index contributed by atoms with van der Waals surface area (Å²) in [4.78, 5) is 0. The normalized spacial score (nSPS) is 28.0. The zero-order chi connectivity index (χ0) is 12.4. The molecule has 4 nitrogen and oxygen atoms in total. The first-order valence-electron chi connectivity index (χ1n) is 5.94. The van der Waals surface area contributed by atoms with Crippen molar-refractivity contribution in [2.24, 2.45) is 11.8 Å². The molecule has 0 saturated carbocycles. The van der Waals surface area contributed by atoms with Gasteiger partial charge in [0.15, 0.2) is 0 Å². The molecule has 2 unspecified atom stereocenters. The molecule has 1 aliphatic rings. The molecule has 16 heavy (non-hydrogen) atoms. The Morgan fingerprint density at radius 3 is 2.50 bits per heavy atom. The van der Waals surface area contributed by atoms with Gasteiger partial charge in [0.1, 0.15) is 0 Å². The maximum atomic E-state index is 11.9. The lowest BCUT2D eigenvalue weighted by molar-refractivity contribution is 0.274. The minimum absolute atomic E-state index is 0.408. The summed E-state index contributed by atoms with van der Waals surface area (Å²) in [5.74, 6) is 0.995. The average Bonchev–Trinajstić information content (AvgIpc) is 2.15. The Bertz CT molecular complexity index is 319. The van der Waals surface area contributed by atoms with E-state index in [1.807, 2.05) is 0 Å². The van der Waals surface area contributed by atoms with Crippen LogP contribution in [0.25, 0.3) is 0 Å². The summed E-state index contributed by atoms with van der Waals surface area (Å²) in [5, 5.41) is 3.31. The molecular weight excluding hydrogens is 224 g/mol. The van der Waals surface area contributed by atoms with E-state index in [1.165, 1.54) is 0 Å². The van der Waals surface area contributed by atoms with Gasteiger partial charge in [0.05, 0.1) is 4.75 Å². The van der Waals surface area contributed by atoms with Crippen LogP contribution >= 0.6 is 0 Å². The first kappa shape index (κ1) is 13.9. The predicted octanol–water partition coefficient (Wildman–Crippen LogP) is 0.950. The molecule has 5 heteroatoms. The zero-order valence-corrected chi connectivity index (χ0v) is 11.5. The first-order valence-corrected chi connectivity index (χ1v) is 7.42. The van der Waals surface area contributed by atoms with E-state index in [0.29, 0.717) is 18.4 Å². The van der Waals surface area contributed by atoms with Crippen LogP contribution < -0.4 is 10.0 Å². The molecule has 96 valence electrons. The van der Waals surface area contributed by atoms with Crippen LogP contribution in [-0.4, -0.2) is 32.8 Å². The highest BCUT2D eigenvalue weighted by atomic mass is 32.2. The monoisotopic (exact) mass is 248 g/mol. The number of sulfonamides is 1. The molecule has 1 saturated heterocycles. The Morgan fingerprint density at radius 1 is 1.38 bits per heavy atom. The van der Waals surface area contributed by atoms with E-state index in [2.05, 4.69) is 17.0 Å². The third-order valence-corrected chi connectivity index (χ3v) is 5.49. The molecule has 1 aliphatic heterocycles. The van der Waals surface area contributed by atoms with Gasteiger partial charge >= 0.3 is 0 Å². The summed E-state index contributed by atoms with van der Waals surface area (Å²) in [5.41, 5.74) is 0. The molecule has 0 amide bonds. The molecule has 2 N–H and O–H groups in total. The predicted molar refractivity (Wildman–Crippen MR) is 66.8 cm³/mol. The summed E-state index contributed by atoms with van der Waals surface area (Å²) in [7, 11) is -3.20. The van der Waals surface area contributed by atoms with Crippen molar-refractivity contribution in [3.8, 4) is 0 Å². The van der Waals surface area contributed by atoms with Gasteiger partial charge in [-0.25, -0.2) is 13.1 Å². The summed E-state index contributed by atoms with van der Waals surface area (Å²) in [6, 6.07) is 0. The Morgan fingerprint density at radius 2 is 2.00 bits per heavy atom. The minimum atomic E-state index is -3.20. The fourth-order valence-electron chi connectivity index (χ4n) is 1.76. The minimum Gasteiger partial charge on any atom is -0.316 e. The number of piperidine rings is 1. The quantitative estimate of drug-likeness (QED) is 0.782. The molecule has 1 rings (SSSR count). The van der Waals surface area contributed by atoms with Crippen LogP contribution in [0, 0.1) is 11.8 Å². The van der Waals surface area contributed by atoms with Gasteiger partial charge in [0, 0.05) is 6.54 Å². The van der Waals surface area contributed by atoms with Crippen molar-refractivity contribution in [2.75, 3.05) is 19.6 Å². The molecular formula is C11H24N2O2S. The van der Waals surface area contributed by atoms with Crippen LogP contribution in [-0.2, 0) is 10.0 Å². The summed E-state index contributed by atoms with van der Waals surface area (Å²) >= 11 is 0. The van der Waals surface area contributed by atoms with Crippen LogP contribution in [0.2, 0.25) is 0 Å². The van der Waals surface area contributed by atoms with Crippen molar-refractivity contribution in [3.05, 3.63) is 0 Å². The Hall–Kier alpha value is -0.130. The highest BCUT2D eigenvalue weighted by molar-refractivity contribution is 7.90. The fourth-order valence-corrected chi connectivity index (χ4v) is 2.63. The lowest BCUT2D eigenvalue weighted by Crippen LogP contribution is -2.46. The van der Waals surface area contributed by atoms with Crippen LogP contribution in [0.1, 0.15) is 34.1 Å². The molecule has 2 atom stereocenters. The molecule has 1 fully saturated rings. The SMILES string of the molecule is CC1CCNCC1CNS(=O)(=O)C(C)(C)C. The molecule has 0 aromatic heterocycles. The van der Waals surface area contributed by atoms with E-state index >= 15 is 0 Å². The van der Waals surface area contributed by atoms with Gasteiger partial charge in [-0.1, -0.05) is 6.92 Å². The number of hydrogen-bond acceptors (Lipinski definition) is 3. The van der Waals surface area contributed by atoms with Gasteiger partial charge in [-0.3, -0.25) is 0 Å². The van der Waals surface area contributed by atoms with Crippen molar-refractivity contribution in [1.82, 2.24) is 10.0 Å². The largest absolute Gasteiger partial charge is 0.316 e. The second-order valence-electron chi connectivity index (χ2n) is 5.69. The zero-order valence-electron chi connectivity index (χ0n) is 10.7. The molecule has 0 bridgehead atoms. The van der Waals surface area contributed by atoms with Crippen molar-refractivity contribution in [3.63, 3.8) is 0 Å². The average molecular weight is 248 g/mol. The highest BCUT2D eigenvalue weighted by Crippen LogP contribution is 2.19. The molecule has 0 radical (unpaired) electrons. The number of hydrogen-bond donors (Lipinski definition) is 2. The third-order valence-electron chi connectivity index (χ3n) is 3.33. The fraction of sp³-hybridized carbons (Fsp3) is 1.00. The van der Waals surface area contributed by atoms with E-state index in [0.717, 1.165) is 19.5 Å². The Kier molecular flexibility index (Phi) is 4.37. The summed E-state index contributed by atoms with van der Waals surface area (Å²) in [6.45, 7) is 9.86. The summed E-state index contributed by atoms with van der Waals surface area (Å²) < 4.78 is 25.7. The lowest BCUT2D eigenvalue weighted by Gasteiger charge is -2.30. The molecule has 0 spiro atoms. The number of rotatable bonds is 3. The van der Waals surface area contributed by atoms with Crippen LogP contribution in [0.5, 0.6) is 0 Å². The molecule has 0 aromatic carbocycles. The molecule has 1 heterocycles. The lowest BCUT2D eigenvalue weighted by atomic mass is 9.88. The Balaban J connectivity index is 2.51. The van der Waals surface area contributed by atoms with Gasteiger partial charge in [0.25, 0.3) is 0 Å². The Labute approximate surface area is 99.2 Å². The van der Waals surface area contributed by atoms with Gasteiger partial charge < -0.3 is 5.32 Å². The van der Waals surface area contributed by atoms with E-state index < -0.39 is 14.8 Å². The van der Waals surface area contributed by atoms with E-state index in [4.69, 9.17) is 0 Å². The van der Waals surface area contributed by atoms with Gasteiger partial charge in [-0.05, 0) is 52.1 Å². The third kappa shape index (κ3) is 3.43. The van der Waals surface area contributed by atoms with E-state index in [1.54, 1.807) is 20.8 Å². The highest BCUT2D eigenvalue weighted by Gasteiger charge is 2.30. The van der Waals surface area contributed by atoms with Crippen molar-refractivity contribution >= 4 is 10.0 Å². The maximum absolute atomic E-state index is 11.9. The maximum Gasteiger partial charge on any atom is 0.216 e.